The first-order valence-electron chi connectivity index (χ1n) is 11.2. The smallest absolute Gasteiger partial charge is 0.289 e. The Kier molecular flexibility index (Phi) is 6.22. The molecule has 34 heavy (non-hydrogen) atoms. The van der Waals surface area contributed by atoms with E-state index in [1.807, 2.05) is 4.90 Å². The zero-order valence-electron chi connectivity index (χ0n) is 19.6. The molecule has 10 heteroatoms. The van der Waals surface area contributed by atoms with Gasteiger partial charge in [0, 0.05) is 36.4 Å². The topological polar surface area (TPSA) is 91.4 Å². The molecular formula is C24H28F2N4O3S. The Morgan fingerprint density at radius 1 is 1.03 bits per heavy atom. The summed E-state index contributed by atoms with van der Waals surface area (Å²) in [5.41, 5.74) is 4.09. The maximum absolute atomic E-state index is 13.7. The zero-order valence-corrected chi connectivity index (χ0v) is 20.4. The lowest BCUT2D eigenvalue weighted by Gasteiger charge is -2.31. The van der Waals surface area contributed by atoms with E-state index >= 15 is 0 Å². The van der Waals surface area contributed by atoms with E-state index in [1.54, 1.807) is 5.38 Å². The Labute approximate surface area is 200 Å². The van der Waals surface area contributed by atoms with Crippen molar-refractivity contribution in [3.05, 3.63) is 51.5 Å². The van der Waals surface area contributed by atoms with Gasteiger partial charge in [0.05, 0.1) is 10.6 Å². The van der Waals surface area contributed by atoms with Gasteiger partial charge in [-0.3, -0.25) is 25.2 Å². The average molecular weight is 491 g/mol. The third-order valence-electron chi connectivity index (χ3n) is 7.64. The van der Waals surface area contributed by atoms with Gasteiger partial charge in [0.25, 0.3) is 11.8 Å². The van der Waals surface area contributed by atoms with Crippen molar-refractivity contribution in [2.45, 2.75) is 46.5 Å². The Balaban J connectivity index is 1.29. The Morgan fingerprint density at radius 2 is 1.65 bits per heavy atom. The number of hydrogen-bond donors (Lipinski definition) is 2. The van der Waals surface area contributed by atoms with Gasteiger partial charge in [-0.25, -0.2) is 13.8 Å². The van der Waals surface area contributed by atoms with Gasteiger partial charge in [-0.2, -0.15) is 0 Å². The number of thiazole rings is 1. The van der Waals surface area contributed by atoms with Gasteiger partial charge in [0.1, 0.15) is 17.3 Å². The predicted octanol–water partition coefficient (Wildman–Crippen LogP) is 3.88. The van der Waals surface area contributed by atoms with Gasteiger partial charge in [-0.05, 0) is 35.8 Å². The molecule has 4 rings (SSSR count). The van der Waals surface area contributed by atoms with Crippen molar-refractivity contribution in [3.63, 3.8) is 0 Å². The second-order valence-corrected chi connectivity index (χ2v) is 11.0. The van der Waals surface area contributed by atoms with Crippen molar-refractivity contribution in [2.75, 3.05) is 13.1 Å². The van der Waals surface area contributed by atoms with Crippen LogP contribution in [0.2, 0.25) is 0 Å². The van der Waals surface area contributed by atoms with Crippen LogP contribution in [0.1, 0.15) is 72.3 Å². The molecule has 0 bridgehead atoms. The standard InChI is InChI=1S/C24H28F2N4O3S/c1-23(2)18(24(23,3)4)22(33)30-9-7-13(8-10-30)21-27-17(12-34-21)20(32)29-28-19(31)15-6-5-14(25)11-16(15)26/h5-6,11-13,18H,7-10H2,1-4H3,(H,28,31)(H,29,32). The summed E-state index contributed by atoms with van der Waals surface area (Å²) in [6.07, 6.45) is 1.54. The van der Waals surface area contributed by atoms with Crippen molar-refractivity contribution < 1.29 is 23.2 Å². The number of halogens is 2. The minimum Gasteiger partial charge on any atom is -0.342 e. The third kappa shape index (κ3) is 4.31. The molecule has 0 spiro atoms. The number of hydrogen-bond acceptors (Lipinski definition) is 5. The molecule has 2 N–H and O–H groups in total. The number of benzene rings is 1. The predicted molar refractivity (Wildman–Crippen MR) is 123 cm³/mol. The molecule has 2 heterocycles. The second kappa shape index (κ2) is 8.72. The van der Waals surface area contributed by atoms with E-state index in [-0.39, 0.29) is 39.8 Å². The summed E-state index contributed by atoms with van der Waals surface area (Å²) < 4.78 is 26.7. The van der Waals surface area contributed by atoms with Crippen LogP contribution < -0.4 is 10.9 Å². The molecule has 7 nitrogen and oxygen atoms in total. The molecule has 1 aliphatic carbocycles. The third-order valence-corrected chi connectivity index (χ3v) is 8.65. The molecule has 1 aromatic heterocycles. The van der Waals surface area contributed by atoms with Crippen molar-refractivity contribution in [2.24, 2.45) is 16.7 Å². The van der Waals surface area contributed by atoms with Crippen molar-refractivity contribution >= 4 is 29.1 Å². The molecule has 0 unspecified atom stereocenters. The Hall–Kier alpha value is -2.88. The summed E-state index contributed by atoms with van der Waals surface area (Å²) in [6, 6.07) is 2.54. The number of likely N-dealkylation sites (tertiary alicyclic amines) is 1. The van der Waals surface area contributed by atoms with Crippen LogP contribution in [0, 0.1) is 28.4 Å². The minimum absolute atomic E-state index is 0.0103. The van der Waals surface area contributed by atoms with Gasteiger partial charge in [0.2, 0.25) is 5.91 Å². The molecule has 182 valence electrons. The van der Waals surface area contributed by atoms with Crippen LogP contribution in [0.4, 0.5) is 8.78 Å². The highest BCUT2D eigenvalue weighted by Gasteiger charge is 2.68. The monoisotopic (exact) mass is 490 g/mol. The van der Waals surface area contributed by atoms with E-state index in [4.69, 9.17) is 0 Å². The van der Waals surface area contributed by atoms with E-state index in [1.165, 1.54) is 11.3 Å². The number of nitrogens with one attached hydrogen (secondary N) is 2. The Bertz CT molecular complexity index is 1120. The fourth-order valence-corrected chi connectivity index (χ4v) is 5.81. The van der Waals surface area contributed by atoms with Crippen LogP contribution in [0.3, 0.4) is 0 Å². The summed E-state index contributed by atoms with van der Waals surface area (Å²) >= 11 is 1.36. The second-order valence-electron chi connectivity index (χ2n) is 10.1. The first-order chi connectivity index (χ1) is 15.9. The lowest BCUT2D eigenvalue weighted by atomic mass is 9.96. The Morgan fingerprint density at radius 3 is 2.24 bits per heavy atom. The molecule has 1 aromatic carbocycles. The molecule has 1 aliphatic heterocycles. The summed E-state index contributed by atoms with van der Waals surface area (Å²) in [6.45, 7) is 9.89. The van der Waals surface area contributed by atoms with E-state index in [2.05, 4.69) is 43.5 Å². The van der Waals surface area contributed by atoms with Gasteiger partial charge in [0.15, 0.2) is 0 Å². The zero-order chi connectivity index (χ0) is 24.8. The fraction of sp³-hybridized carbons (Fsp3) is 0.500. The van der Waals surface area contributed by atoms with E-state index in [0.717, 1.165) is 30.0 Å². The van der Waals surface area contributed by atoms with Gasteiger partial charge >= 0.3 is 0 Å². The van der Waals surface area contributed by atoms with E-state index in [0.29, 0.717) is 19.2 Å². The number of hydrazine groups is 1. The number of piperidine rings is 1. The van der Waals surface area contributed by atoms with E-state index in [9.17, 15) is 23.2 Å². The van der Waals surface area contributed by atoms with Crippen LogP contribution in [-0.4, -0.2) is 40.7 Å². The average Bonchev–Trinajstić information content (AvgIpc) is 3.11. The highest BCUT2D eigenvalue weighted by atomic mass is 32.1. The molecule has 0 atom stereocenters. The van der Waals surface area contributed by atoms with Crippen LogP contribution in [0.5, 0.6) is 0 Å². The molecular weight excluding hydrogens is 462 g/mol. The van der Waals surface area contributed by atoms with Crippen LogP contribution >= 0.6 is 11.3 Å². The van der Waals surface area contributed by atoms with Crippen molar-refractivity contribution in [1.82, 2.24) is 20.7 Å². The largest absolute Gasteiger partial charge is 0.342 e. The molecule has 2 aromatic rings. The van der Waals surface area contributed by atoms with Gasteiger partial charge in [-0.15, -0.1) is 11.3 Å². The van der Waals surface area contributed by atoms with Crippen molar-refractivity contribution in [1.29, 1.82) is 0 Å². The van der Waals surface area contributed by atoms with Crippen LogP contribution in [0.15, 0.2) is 23.6 Å². The number of rotatable bonds is 4. The van der Waals surface area contributed by atoms with Crippen LogP contribution in [-0.2, 0) is 4.79 Å². The molecule has 2 aliphatic rings. The number of aromatic nitrogens is 1. The van der Waals surface area contributed by atoms with Crippen LogP contribution in [0.25, 0.3) is 0 Å². The molecule has 1 saturated carbocycles. The maximum atomic E-state index is 13.7. The highest BCUT2D eigenvalue weighted by molar-refractivity contribution is 7.09. The highest BCUT2D eigenvalue weighted by Crippen LogP contribution is 2.68. The SMILES string of the molecule is CC1(C)C(C(=O)N2CCC(c3nc(C(=O)NNC(=O)c4ccc(F)cc4F)cs3)CC2)C1(C)C. The first-order valence-corrected chi connectivity index (χ1v) is 12.1. The molecule has 2 fully saturated rings. The summed E-state index contributed by atoms with van der Waals surface area (Å²) in [7, 11) is 0. The summed E-state index contributed by atoms with van der Waals surface area (Å²) in [5.74, 6) is -2.95. The minimum atomic E-state index is -1.03. The summed E-state index contributed by atoms with van der Waals surface area (Å²) in [5, 5.41) is 2.41. The fourth-order valence-electron chi connectivity index (χ4n) is 4.84. The first kappa shape index (κ1) is 24.3. The number of carbonyl (C=O) groups is 3. The number of amides is 3. The normalized spacial score (nSPS) is 19.5. The lowest BCUT2D eigenvalue weighted by molar-refractivity contribution is -0.134. The quantitative estimate of drug-likeness (QED) is 0.637. The number of nitrogens with zero attached hydrogens (tertiary/aromatic N) is 2. The van der Waals surface area contributed by atoms with Crippen molar-refractivity contribution in [3.8, 4) is 0 Å². The lowest BCUT2D eigenvalue weighted by Crippen LogP contribution is -2.42. The maximum Gasteiger partial charge on any atom is 0.289 e. The van der Waals surface area contributed by atoms with Gasteiger partial charge in [-0.1, -0.05) is 27.7 Å². The summed E-state index contributed by atoms with van der Waals surface area (Å²) in [4.78, 5) is 43.7. The molecule has 0 radical (unpaired) electrons. The molecule has 1 saturated heterocycles. The van der Waals surface area contributed by atoms with Gasteiger partial charge < -0.3 is 4.90 Å². The molecule has 3 amide bonds. The van der Waals surface area contributed by atoms with E-state index < -0.39 is 23.4 Å². The number of carbonyl (C=O) groups excluding carboxylic acids is 3.